The summed E-state index contributed by atoms with van der Waals surface area (Å²) >= 11 is 0. The number of furan rings is 1. The molecule has 0 bridgehead atoms. The highest BCUT2D eigenvalue weighted by Crippen LogP contribution is 2.16. The Balaban J connectivity index is 2.70. The Bertz CT molecular complexity index is 260. The summed E-state index contributed by atoms with van der Waals surface area (Å²) in [4.78, 5) is 0. The molecule has 0 aliphatic rings. The van der Waals surface area contributed by atoms with Gasteiger partial charge < -0.3 is 14.9 Å². The minimum atomic E-state index is -0.236. The first-order valence-electron chi connectivity index (χ1n) is 4.36. The molecule has 0 saturated heterocycles. The van der Waals surface area contributed by atoms with Gasteiger partial charge in [0.2, 0.25) is 0 Å². The van der Waals surface area contributed by atoms with Gasteiger partial charge in [-0.05, 0) is 19.9 Å². The van der Waals surface area contributed by atoms with Crippen LogP contribution >= 0.6 is 0 Å². The van der Waals surface area contributed by atoms with Crippen molar-refractivity contribution in [2.75, 3.05) is 7.11 Å². The van der Waals surface area contributed by atoms with Gasteiger partial charge in [0.05, 0.1) is 12.9 Å². The van der Waals surface area contributed by atoms with E-state index in [0.717, 1.165) is 17.7 Å². The van der Waals surface area contributed by atoms with Crippen molar-refractivity contribution in [3.05, 3.63) is 23.7 Å². The Morgan fingerprint density at radius 1 is 1.54 bits per heavy atom. The number of rotatable bonds is 4. The van der Waals surface area contributed by atoms with Gasteiger partial charge in [0.15, 0.2) is 0 Å². The lowest BCUT2D eigenvalue weighted by Gasteiger charge is -2.17. The molecule has 74 valence electrons. The zero-order chi connectivity index (χ0) is 9.90. The van der Waals surface area contributed by atoms with Crippen LogP contribution in [-0.4, -0.2) is 12.6 Å². The number of nitrogens with two attached hydrogens (primary N) is 1. The van der Waals surface area contributed by atoms with E-state index >= 15 is 0 Å². The molecular weight excluding hydrogens is 166 g/mol. The Labute approximate surface area is 78.9 Å². The molecule has 0 amide bonds. The lowest BCUT2D eigenvalue weighted by molar-refractivity contribution is 0.182. The van der Waals surface area contributed by atoms with E-state index in [1.54, 1.807) is 13.4 Å². The standard InChI is InChI=1S/C10H17NO2/c1-10(2,11)6-9-8(7-12-3)4-5-13-9/h4-5H,6-7,11H2,1-3H3. The van der Waals surface area contributed by atoms with Crippen LogP contribution in [0.2, 0.25) is 0 Å². The van der Waals surface area contributed by atoms with Gasteiger partial charge >= 0.3 is 0 Å². The highest BCUT2D eigenvalue weighted by molar-refractivity contribution is 5.17. The number of methoxy groups -OCH3 is 1. The van der Waals surface area contributed by atoms with Crippen molar-refractivity contribution in [2.45, 2.75) is 32.4 Å². The second kappa shape index (κ2) is 3.94. The Kier molecular flexibility index (Phi) is 3.12. The van der Waals surface area contributed by atoms with E-state index < -0.39 is 0 Å². The minimum Gasteiger partial charge on any atom is -0.469 e. The van der Waals surface area contributed by atoms with Crippen LogP contribution in [0, 0.1) is 0 Å². The van der Waals surface area contributed by atoms with Crippen molar-refractivity contribution in [3.8, 4) is 0 Å². The summed E-state index contributed by atoms with van der Waals surface area (Å²) in [7, 11) is 1.67. The first-order valence-corrected chi connectivity index (χ1v) is 4.36. The number of hydrogen-bond acceptors (Lipinski definition) is 3. The molecule has 0 saturated carbocycles. The molecule has 0 spiro atoms. The van der Waals surface area contributed by atoms with Gasteiger partial charge in [-0.1, -0.05) is 0 Å². The predicted molar refractivity (Wildman–Crippen MR) is 51.4 cm³/mol. The quantitative estimate of drug-likeness (QED) is 0.773. The Hall–Kier alpha value is -0.800. The fourth-order valence-electron chi connectivity index (χ4n) is 1.22. The summed E-state index contributed by atoms with van der Waals surface area (Å²) in [5, 5.41) is 0. The molecule has 1 heterocycles. The lowest BCUT2D eigenvalue weighted by atomic mass is 9.99. The molecule has 0 aliphatic heterocycles. The van der Waals surface area contributed by atoms with Gasteiger partial charge in [0, 0.05) is 24.6 Å². The Morgan fingerprint density at radius 2 is 2.23 bits per heavy atom. The molecule has 0 fully saturated rings. The fourth-order valence-corrected chi connectivity index (χ4v) is 1.22. The first-order chi connectivity index (χ1) is 6.03. The summed E-state index contributed by atoms with van der Waals surface area (Å²) in [5.74, 6) is 0.925. The monoisotopic (exact) mass is 183 g/mol. The average molecular weight is 183 g/mol. The van der Waals surface area contributed by atoms with Crippen LogP contribution in [0.4, 0.5) is 0 Å². The molecule has 1 aromatic heterocycles. The molecule has 0 atom stereocenters. The molecule has 0 aliphatic carbocycles. The van der Waals surface area contributed by atoms with Crippen molar-refractivity contribution >= 4 is 0 Å². The van der Waals surface area contributed by atoms with Gasteiger partial charge in [-0.3, -0.25) is 0 Å². The molecule has 2 N–H and O–H groups in total. The van der Waals surface area contributed by atoms with Crippen molar-refractivity contribution < 1.29 is 9.15 Å². The second-order valence-electron chi connectivity index (χ2n) is 3.97. The second-order valence-corrected chi connectivity index (χ2v) is 3.97. The highest BCUT2D eigenvalue weighted by atomic mass is 16.5. The maximum absolute atomic E-state index is 5.89. The van der Waals surface area contributed by atoms with Crippen LogP contribution in [0.25, 0.3) is 0 Å². The van der Waals surface area contributed by atoms with Gasteiger partial charge in [0.1, 0.15) is 5.76 Å². The SMILES string of the molecule is COCc1ccoc1CC(C)(C)N. The zero-order valence-corrected chi connectivity index (χ0v) is 8.46. The number of ether oxygens (including phenoxy) is 1. The summed E-state index contributed by atoms with van der Waals surface area (Å²) in [6, 6.07) is 1.92. The van der Waals surface area contributed by atoms with Gasteiger partial charge in [0.25, 0.3) is 0 Å². The third-order valence-electron chi connectivity index (χ3n) is 1.75. The minimum absolute atomic E-state index is 0.236. The van der Waals surface area contributed by atoms with Crippen molar-refractivity contribution in [1.29, 1.82) is 0 Å². The topological polar surface area (TPSA) is 48.4 Å². The summed E-state index contributed by atoms with van der Waals surface area (Å²) in [6.45, 7) is 4.54. The number of hydrogen-bond donors (Lipinski definition) is 1. The summed E-state index contributed by atoms with van der Waals surface area (Å²) in [6.07, 6.45) is 2.41. The average Bonchev–Trinajstić information content (AvgIpc) is 2.34. The zero-order valence-electron chi connectivity index (χ0n) is 8.46. The van der Waals surface area contributed by atoms with E-state index in [9.17, 15) is 0 Å². The van der Waals surface area contributed by atoms with Crippen LogP contribution in [0.15, 0.2) is 16.7 Å². The normalized spacial score (nSPS) is 12.0. The molecule has 1 rings (SSSR count). The van der Waals surface area contributed by atoms with E-state index in [0.29, 0.717) is 6.61 Å². The lowest BCUT2D eigenvalue weighted by Crippen LogP contribution is -2.34. The summed E-state index contributed by atoms with van der Waals surface area (Å²) in [5.41, 5.74) is 6.74. The third kappa shape index (κ3) is 3.20. The van der Waals surface area contributed by atoms with Crippen LogP contribution < -0.4 is 5.73 Å². The maximum Gasteiger partial charge on any atom is 0.111 e. The molecular formula is C10H17NO2. The molecule has 1 aromatic rings. The van der Waals surface area contributed by atoms with Crippen molar-refractivity contribution in [3.63, 3.8) is 0 Å². The largest absolute Gasteiger partial charge is 0.469 e. The molecule has 0 aromatic carbocycles. The van der Waals surface area contributed by atoms with Crippen molar-refractivity contribution in [1.82, 2.24) is 0 Å². The fraction of sp³-hybridized carbons (Fsp3) is 0.600. The molecule has 3 nitrogen and oxygen atoms in total. The molecule has 13 heavy (non-hydrogen) atoms. The van der Waals surface area contributed by atoms with Crippen LogP contribution in [0.5, 0.6) is 0 Å². The van der Waals surface area contributed by atoms with E-state index in [1.165, 1.54) is 0 Å². The maximum atomic E-state index is 5.89. The van der Waals surface area contributed by atoms with Gasteiger partial charge in [-0.15, -0.1) is 0 Å². The third-order valence-corrected chi connectivity index (χ3v) is 1.75. The molecule has 0 radical (unpaired) electrons. The van der Waals surface area contributed by atoms with E-state index in [4.69, 9.17) is 14.9 Å². The van der Waals surface area contributed by atoms with Crippen LogP contribution in [0.3, 0.4) is 0 Å². The van der Waals surface area contributed by atoms with Gasteiger partial charge in [-0.2, -0.15) is 0 Å². The predicted octanol–water partition coefficient (Wildman–Crippen LogP) is 1.71. The smallest absolute Gasteiger partial charge is 0.111 e. The Morgan fingerprint density at radius 3 is 2.77 bits per heavy atom. The van der Waals surface area contributed by atoms with Crippen LogP contribution in [0.1, 0.15) is 25.2 Å². The molecule has 0 unspecified atom stereocenters. The van der Waals surface area contributed by atoms with E-state index in [1.807, 2.05) is 19.9 Å². The first kappa shape index (κ1) is 10.3. The summed E-state index contributed by atoms with van der Waals surface area (Å²) < 4.78 is 10.4. The van der Waals surface area contributed by atoms with E-state index in [-0.39, 0.29) is 5.54 Å². The van der Waals surface area contributed by atoms with Crippen molar-refractivity contribution in [2.24, 2.45) is 5.73 Å². The van der Waals surface area contributed by atoms with Crippen LogP contribution in [-0.2, 0) is 17.8 Å². The molecule has 3 heteroatoms. The van der Waals surface area contributed by atoms with E-state index in [2.05, 4.69) is 0 Å². The van der Waals surface area contributed by atoms with Gasteiger partial charge in [-0.25, -0.2) is 0 Å². The highest BCUT2D eigenvalue weighted by Gasteiger charge is 2.16.